The van der Waals surface area contributed by atoms with Gasteiger partial charge in [0, 0.05) is 26.2 Å². The van der Waals surface area contributed by atoms with Crippen molar-refractivity contribution in [3.05, 3.63) is 0 Å². The maximum absolute atomic E-state index is 11.4. The van der Waals surface area contributed by atoms with E-state index in [1.165, 1.54) is 12.8 Å². The van der Waals surface area contributed by atoms with Crippen molar-refractivity contribution in [2.75, 3.05) is 20.1 Å². The van der Waals surface area contributed by atoms with Gasteiger partial charge in [0.15, 0.2) is 0 Å². The summed E-state index contributed by atoms with van der Waals surface area (Å²) in [6.07, 6.45) is 2.41. The molecule has 1 aliphatic rings. The highest BCUT2D eigenvalue weighted by atomic mass is 16.2. The zero-order chi connectivity index (χ0) is 9.84. The molecule has 2 amide bonds. The SMILES string of the molecule is CCN(C)C(=O)NC(CN)C1CC1. The van der Waals surface area contributed by atoms with Crippen LogP contribution in [0.2, 0.25) is 0 Å². The molecule has 76 valence electrons. The van der Waals surface area contributed by atoms with Crippen LogP contribution in [0.25, 0.3) is 0 Å². The maximum Gasteiger partial charge on any atom is 0.317 e. The zero-order valence-corrected chi connectivity index (χ0v) is 8.42. The van der Waals surface area contributed by atoms with Crippen LogP contribution in [0.3, 0.4) is 0 Å². The second kappa shape index (κ2) is 4.46. The number of nitrogens with one attached hydrogen (secondary N) is 1. The fourth-order valence-corrected chi connectivity index (χ4v) is 1.28. The second-order valence-electron chi connectivity index (χ2n) is 3.64. The third-order valence-corrected chi connectivity index (χ3v) is 2.57. The van der Waals surface area contributed by atoms with Crippen LogP contribution in [0.5, 0.6) is 0 Å². The van der Waals surface area contributed by atoms with Gasteiger partial charge < -0.3 is 16.0 Å². The summed E-state index contributed by atoms with van der Waals surface area (Å²) in [5.74, 6) is 0.624. The van der Waals surface area contributed by atoms with Gasteiger partial charge in [0.2, 0.25) is 0 Å². The number of carbonyl (C=O) groups excluding carboxylic acids is 1. The van der Waals surface area contributed by atoms with Crippen molar-refractivity contribution in [2.24, 2.45) is 11.7 Å². The molecule has 4 heteroatoms. The highest BCUT2D eigenvalue weighted by molar-refractivity contribution is 5.74. The van der Waals surface area contributed by atoms with Crippen LogP contribution in [0.1, 0.15) is 19.8 Å². The minimum atomic E-state index is -0.00940. The van der Waals surface area contributed by atoms with E-state index in [0.29, 0.717) is 12.5 Å². The molecule has 0 heterocycles. The Morgan fingerprint density at radius 1 is 1.69 bits per heavy atom. The average molecular weight is 185 g/mol. The minimum Gasteiger partial charge on any atom is -0.334 e. The molecule has 3 N–H and O–H groups in total. The summed E-state index contributed by atoms with van der Waals surface area (Å²) in [7, 11) is 1.79. The summed E-state index contributed by atoms with van der Waals surface area (Å²) in [5, 5.41) is 2.94. The van der Waals surface area contributed by atoms with Crippen LogP contribution in [0.15, 0.2) is 0 Å². The van der Waals surface area contributed by atoms with Gasteiger partial charge in [-0.15, -0.1) is 0 Å². The molecule has 0 radical (unpaired) electrons. The van der Waals surface area contributed by atoms with Crippen LogP contribution in [0, 0.1) is 5.92 Å². The Labute approximate surface area is 79.5 Å². The van der Waals surface area contributed by atoms with Crippen molar-refractivity contribution >= 4 is 6.03 Å². The molecule has 1 rings (SSSR count). The summed E-state index contributed by atoms with van der Waals surface area (Å²) in [5.41, 5.74) is 5.57. The highest BCUT2D eigenvalue weighted by Gasteiger charge is 2.31. The van der Waals surface area contributed by atoms with Crippen LogP contribution < -0.4 is 11.1 Å². The minimum absolute atomic E-state index is 0.00940. The molecule has 1 fully saturated rings. The van der Waals surface area contributed by atoms with E-state index in [1.54, 1.807) is 11.9 Å². The van der Waals surface area contributed by atoms with E-state index < -0.39 is 0 Å². The first-order chi connectivity index (χ1) is 6.19. The molecule has 0 spiro atoms. The topological polar surface area (TPSA) is 58.4 Å². The monoisotopic (exact) mass is 185 g/mol. The number of nitrogens with zero attached hydrogens (tertiary/aromatic N) is 1. The molecule has 4 nitrogen and oxygen atoms in total. The number of hydrogen-bond donors (Lipinski definition) is 2. The first-order valence-corrected chi connectivity index (χ1v) is 4.90. The fraction of sp³-hybridized carbons (Fsp3) is 0.889. The lowest BCUT2D eigenvalue weighted by molar-refractivity contribution is 0.205. The zero-order valence-electron chi connectivity index (χ0n) is 8.42. The van der Waals surface area contributed by atoms with Gasteiger partial charge in [-0.25, -0.2) is 4.79 Å². The maximum atomic E-state index is 11.4. The van der Waals surface area contributed by atoms with Crippen molar-refractivity contribution in [3.63, 3.8) is 0 Å². The summed E-state index contributed by atoms with van der Waals surface area (Å²) < 4.78 is 0. The van der Waals surface area contributed by atoms with Crippen molar-refractivity contribution in [1.82, 2.24) is 10.2 Å². The number of hydrogen-bond acceptors (Lipinski definition) is 2. The van der Waals surface area contributed by atoms with E-state index in [2.05, 4.69) is 5.32 Å². The molecule has 1 saturated carbocycles. The van der Waals surface area contributed by atoms with Gasteiger partial charge in [0.25, 0.3) is 0 Å². The van der Waals surface area contributed by atoms with Gasteiger partial charge in [-0.05, 0) is 25.7 Å². The van der Waals surface area contributed by atoms with Gasteiger partial charge in [0.1, 0.15) is 0 Å². The van der Waals surface area contributed by atoms with Crippen molar-refractivity contribution in [1.29, 1.82) is 0 Å². The van der Waals surface area contributed by atoms with E-state index in [1.807, 2.05) is 6.92 Å². The highest BCUT2D eigenvalue weighted by Crippen LogP contribution is 2.32. The molecule has 0 aromatic heterocycles. The van der Waals surface area contributed by atoms with Gasteiger partial charge in [-0.1, -0.05) is 0 Å². The molecule has 1 aliphatic carbocycles. The number of rotatable bonds is 4. The predicted molar refractivity (Wildman–Crippen MR) is 52.4 cm³/mol. The molecule has 0 bridgehead atoms. The largest absolute Gasteiger partial charge is 0.334 e. The first kappa shape index (κ1) is 10.3. The summed E-state index contributed by atoms with van der Waals surface area (Å²) in [4.78, 5) is 13.1. The lowest BCUT2D eigenvalue weighted by atomic mass is 10.2. The smallest absolute Gasteiger partial charge is 0.317 e. The van der Waals surface area contributed by atoms with Crippen molar-refractivity contribution < 1.29 is 4.79 Å². The molecule has 1 atom stereocenters. The molecule has 0 aliphatic heterocycles. The molecule has 1 unspecified atom stereocenters. The van der Waals surface area contributed by atoms with E-state index >= 15 is 0 Å². The summed E-state index contributed by atoms with van der Waals surface area (Å²) in [6.45, 7) is 3.23. The summed E-state index contributed by atoms with van der Waals surface area (Å²) >= 11 is 0. The van der Waals surface area contributed by atoms with Gasteiger partial charge >= 0.3 is 6.03 Å². The number of urea groups is 1. The standard InChI is InChI=1S/C9H19N3O/c1-3-12(2)9(13)11-8(6-10)7-4-5-7/h7-8H,3-6,10H2,1-2H3,(H,11,13). The van der Waals surface area contributed by atoms with Crippen molar-refractivity contribution in [3.8, 4) is 0 Å². The van der Waals surface area contributed by atoms with Gasteiger partial charge in [-0.2, -0.15) is 0 Å². The Hall–Kier alpha value is -0.770. The average Bonchev–Trinajstić information content (AvgIpc) is 2.95. The van der Waals surface area contributed by atoms with Gasteiger partial charge in [0.05, 0.1) is 0 Å². The fourth-order valence-electron chi connectivity index (χ4n) is 1.28. The van der Waals surface area contributed by atoms with Crippen LogP contribution >= 0.6 is 0 Å². The van der Waals surface area contributed by atoms with E-state index in [0.717, 1.165) is 6.54 Å². The lowest BCUT2D eigenvalue weighted by Gasteiger charge is -2.21. The number of nitrogens with two attached hydrogens (primary N) is 1. The Morgan fingerprint density at radius 3 is 2.69 bits per heavy atom. The van der Waals surface area contributed by atoms with Crippen LogP contribution in [-0.4, -0.2) is 37.1 Å². The molecule has 0 aromatic carbocycles. The van der Waals surface area contributed by atoms with E-state index in [4.69, 9.17) is 5.73 Å². The predicted octanol–water partition coefficient (Wildman–Crippen LogP) is 0.385. The van der Waals surface area contributed by atoms with E-state index in [9.17, 15) is 4.79 Å². The molecule has 13 heavy (non-hydrogen) atoms. The Balaban J connectivity index is 2.31. The Kier molecular flexibility index (Phi) is 3.54. The Morgan fingerprint density at radius 2 is 2.31 bits per heavy atom. The normalized spacial score (nSPS) is 18.1. The molecular formula is C9H19N3O. The quantitative estimate of drug-likeness (QED) is 0.665. The molecule has 0 aromatic rings. The number of carbonyl (C=O) groups is 1. The van der Waals surface area contributed by atoms with Gasteiger partial charge in [-0.3, -0.25) is 0 Å². The number of amides is 2. The lowest BCUT2D eigenvalue weighted by Crippen LogP contribution is -2.47. The first-order valence-electron chi connectivity index (χ1n) is 4.90. The van der Waals surface area contributed by atoms with E-state index in [-0.39, 0.29) is 12.1 Å². The van der Waals surface area contributed by atoms with Crippen molar-refractivity contribution in [2.45, 2.75) is 25.8 Å². The molecular weight excluding hydrogens is 166 g/mol. The Bertz CT molecular complexity index is 180. The van der Waals surface area contributed by atoms with Crippen LogP contribution in [0.4, 0.5) is 4.79 Å². The summed E-state index contributed by atoms with van der Waals surface area (Å²) in [6, 6.07) is 0.173. The third-order valence-electron chi connectivity index (χ3n) is 2.57. The third kappa shape index (κ3) is 2.88. The van der Waals surface area contributed by atoms with Crippen LogP contribution in [-0.2, 0) is 0 Å². The molecule has 0 saturated heterocycles. The second-order valence-corrected chi connectivity index (χ2v) is 3.64.